The molecular formula is C17H26F2IN3O3S. The van der Waals surface area contributed by atoms with Gasteiger partial charge >= 0.3 is 6.61 Å². The molecule has 0 saturated carbocycles. The van der Waals surface area contributed by atoms with Crippen LogP contribution >= 0.6 is 24.0 Å². The zero-order valence-corrected chi connectivity index (χ0v) is 18.8. The van der Waals surface area contributed by atoms with Crippen molar-refractivity contribution >= 4 is 39.8 Å². The molecule has 0 spiro atoms. The van der Waals surface area contributed by atoms with Crippen LogP contribution in [0.3, 0.4) is 0 Å². The van der Waals surface area contributed by atoms with Crippen LogP contribution in [0.4, 0.5) is 8.78 Å². The summed E-state index contributed by atoms with van der Waals surface area (Å²) in [5.74, 6) is 0.829. The van der Waals surface area contributed by atoms with Crippen LogP contribution in [0.25, 0.3) is 0 Å². The minimum atomic E-state index is -3.12. The third kappa shape index (κ3) is 6.44. The Labute approximate surface area is 176 Å². The predicted octanol–water partition coefficient (Wildman–Crippen LogP) is 2.88. The van der Waals surface area contributed by atoms with Gasteiger partial charge in [-0.3, -0.25) is 0 Å². The van der Waals surface area contributed by atoms with Crippen molar-refractivity contribution in [3.05, 3.63) is 29.8 Å². The average Bonchev–Trinajstić information content (AvgIpc) is 2.55. The van der Waals surface area contributed by atoms with Gasteiger partial charge in [0.1, 0.15) is 5.75 Å². The van der Waals surface area contributed by atoms with E-state index in [9.17, 15) is 17.2 Å². The fraction of sp³-hybridized carbons (Fsp3) is 0.588. The highest BCUT2D eigenvalue weighted by Gasteiger charge is 2.40. The summed E-state index contributed by atoms with van der Waals surface area (Å²) in [6, 6.07) is 6.30. The summed E-state index contributed by atoms with van der Waals surface area (Å²) in [6.45, 7) is 4.29. The van der Waals surface area contributed by atoms with Crippen LogP contribution in [0.15, 0.2) is 29.3 Å². The quantitative estimate of drug-likeness (QED) is 0.370. The van der Waals surface area contributed by atoms with Crippen molar-refractivity contribution in [2.45, 2.75) is 38.7 Å². The molecule has 154 valence electrons. The molecule has 10 heteroatoms. The number of sulfone groups is 1. The fourth-order valence-electron chi connectivity index (χ4n) is 2.69. The maximum atomic E-state index is 12.2. The van der Waals surface area contributed by atoms with Gasteiger partial charge in [-0.25, -0.2) is 13.4 Å². The number of nitrogens with zero attached hydrogens (tertiary/aromatic N) is 2. The van der Waals surface area contributed by atoms with E-state index < -0.39 is 21.2 Å². The van der Waals surface area contributed by atoms with Crippen molar-refractivity contribution in [3.63, 3.8) is 0 Å². The van der Waals surface area contributed by atoms with E-state index >= 15 is 0 Å². The summed E-state index contributed by atoms with van der Waals surface area (Å²) in [5, 5.41) is 3.18. The number of hydrogen-bond donors (Lipinski definition) is 1. The van der Waals surface area contributed by atoms with E-state index in [4.69, 9.17) is 0 Å². The molecule has 1 aliphatic rings. The molecular weight excluding hydrogens is 491 g/mol. The molecule has 1 heterocycles. The van der Waals surface area contributed by atoms with Crippen LogP contribution in [0, 0.1) is 0 Å². The zero-order valence-electron chi connectivity index (χ0n) is 15.6. The van der Waals surface area contributed by atoms with Crippen molar-refractivity contribution < 1.29 is 21.9 Å². The normalized spacial score (nSPS) is 18.7. The summed E-state index contributed by atoms with van der Waals surface area (Å²) in [7, 11) is -3.12. The molecule has 0 atom stereocenters. The standard InChI is InChI=1S/C17H25F2N3O3S.HI/c1-4-20-16(22-9-10-26(23,24)17(2,3)12-22)21-11-13-5-7-14(8-6-13)25-15(18)19;/h5-8,15H,4,9-12H2,1-3H3,(H,20,21);1H. The average molecular weight is 517 g/mol. The fourth-order valence-corrected chi connectivity index (χ4v) is 4.06. The van der Waals surface area contributed by atoms with E-state index in [0.29, 0.717) is 32.1 Å². The highest BCUT2D eigenvalue weighted by atomic mass is 127. The van der Waals surface area contributed by atoms with E-state index in [1.807, 2.05) is 11.8 Å². The molecule has 2 rings (SSSR count). The summed E-state index contributed by atoms with van der Waals surface area (Å²) in [5.41, 5.74) is 0.839. The molecule has 1 aliphatic heterocycles. The molecule has 1 aromatic rings. The van der Waals surface area contributed by atoms with Gasteiger partial charge in [0, 0.05) is 19.6 Å². The molecule has 0 aliphatic carbocycles. The summed E-state index contributed by atoms with van der Waals surface area (Å²) in [6.07, 6.45) is 0. The molecule has 1 N–H and O–H groups in total. The van der Waals surface area contributed by atoms with Crippen LogP contribution in [0.1, 0.15) is 26.3 Å². The number of ether oxygens (including phenoxy) is 1. The van der Waals surface area contributed by atoms with Gasteiger partial charge in [0.25, 0.3) is 0 Å². The molecule has 0 unspecified atom stereocenters. The van der Waals surface area contributed by atoms with Crippen LogP contribution in [-0.2, 0) is 16.4 Å². The smallest absolute Gasteiger partial charge is 0.387 e. The van der Waals surface area contributed by atoms with Gasteiger partial charge in [0.2, 0.25) is 0 Å². The van der Waals surface area contributed by atoms with E-state index in [0.717, 1.165) is 5.56 Å². The lowest BCUT2D eigenvalue weighted by Crippen LogP contribution is -2.57. The maximum absolute atomic E-state index is 12.2. The Morgan fingerprint density at radius 1 is 1.33 bits per heavy atom. The number of aliphatic imine (C=N–C) groups is 1. The lowest BCUT2D eigenvalue weighted by Gasteiger charge is -2.39. The number of nitrogens with one attached hydrogen (secondary N) is 1. The molecule has 0 radical (unpaired) electrons. The Hall–Kier alpha value is -1.17. The third-order valence-corrected chi connectivity index (χ3v) is 6.77. The number of hydrogen-bond acceptors (Lipinski definition) is 4. The first-order valence-corrected chi connectivity index (χ1v) is 10.1. The number of alkyl halides is 2. The van der Waals surface area contributed by atoms with E-state index in [-0.39, 0.29) is 35.5 Å². The molecule has 27 heavy (non-hydrogen) atoms. The zero-order chi connectivity index (χ0) is 19.4. The van der Waals surface area contributed by atoms with Gasteiger partial charge in [-0.05, 0) is 38.5 Å². The number of guanidine groups is 1. The molecule has 0 aromatic heterocycles. The highest BCUT2D eigenvalue weighted by Crippen LogP contribution is 2.24. The first-order chi connectivity index (χ1) is 12.1. The molecule has 0 amide bonds. The predicted molar refractivity (Wildman–Crippen MR) is 113 cm³/mol. The van der Waals surface area contributed by atoms with Gasteiger partial charge in [-0.1, -0.05) is 12.1 Å². The Morgan fingerprint density at radius 2 is 1.96 bits per heavy atom. The largest absolute Gasteiger partial charge is 0.435 e. The van der Waals surface area contributed by atoms with Crippen molar-refractivity contribution in [2.75, 3.05) is 25.4 Å². The van der Waals surface area contributed by atoms with Gasteiger partial charge in [-0.2, -0.15) is 8.78 Å². The van der Waals surface area contributed by atoms with Gasteiger partial charge < -0.3 is 15.0 Å². The van der Waals surface area contributed by atoms with Crippen LogP contribution in [0.2, 0.25) is 0 Å². The molecule has 0 bridgehead atoms. The van der Waals surface area contributed by atoms with Crippen molar-refractivity contribution in [1.82, 2.24) is 10.2 Å². The monoisotopic (exact) mass is 517 g/mol. The first-order valence-electron chi connectivity index (χ1n) is 8.44. The highest BCUT2D eigenvalue weighted by molar-refractivity contribution is 14.0. The minimum Gasteiger partial charge on any atom is -0.435 e. The van der Waals surface area contributed by atoms with Crippen molar-refractivity contribution in [1.29, 1.82) is 0 Å². The van der Waals surface area contributed by atoms with Gasteiger partial charge in [-0.15, -0.1) is 24.0 Å². The number of halogens is 3. The topological polar surface area (TPSA) is 71.0 Å². The summed E-state index contributed by atoms with van der Waals surface area (Å²) >= 11 is 0. The Morgan fingerprint density at radius 3 is 2.48 bits per heavy atom. The lowest BCUT2D eigenvalue weighted by molar-refractivity contribution is -0.0498. The Kier molecular flexibility index (Phi) is 8.71. The van der Waals surface area contributed by atoms with E-state index in [1.165, 1.54) is 12.1 Å². The van der Waals surface area contributed by atoms with Crippen molar-refractivity contribution in [3.8, 4) is 5.75 Å². The Balaban J connectivity index is 0.00000364. The maximum Gasteiger partial charge on any atom is 0.387 e. The second kappa shape index (κ2) is 9.85. The second-order valence-corrected chi connectivity index (χ2v) is 9.44. The van der Waals surface area contributed by atoms with Gasteiger partial charge in [0.05, 0.1) is 17.0 Å². The second-order valence-electron chi connectivity index (χ2n) is 6.69. The van der Waals surface area contributed by atoms with Crippen molar-refractivity contribution in [2.24, 2.45) is 4.99 Å². The lowest BCUT2D eigenvalue weighted by atomic mass is 10.2. The molecule has 1 aromatic carbocycles. The first kappa shape index (κ1) is 23.9. The molecule has 6 nitrogen and oxygen atoms in total. The molecule has 1 saturated heterocycles. The summed E-state index contributed by atoms with van der Waals surface area (Å²) in [4.78, 5) is 6.50. The Bertz CT molecular complexity index is 740. The van der Waals surface area contributed by atoms with Crippen LogP contribution < -0.4 is 10.1 Å². The summed E-state index contributed by atoms with van der Waals surface area (Å²) < 4.78 is 52.2. The SMILES string of the molecule is CCNC(=NCc1ccc(OC(F)F)cc1)N1CCS(=O)(=O)C(C)(C)C1.I. The van der Waals surface area contributed by atoms with Gasteiger partial charge in [0.15, 0.2) is 15.8 Å². The molecule has 1 fully saturated rings. The van der Waals surface area contributed by atoms with E-state index in [2.05, 4.69) is 15.0 Å². The number of benzene rings is 1. The minimum absolute atomic E-state index is 0. The third-order valence-electron chi connectivity index (χ3n) is 4.24. The number of rotatable bonds is 5. The van der Waals surface area contributed by atoms with Crippen LogP contribution in [0.5, 0.6) is 5.75 Å². The van der Waals surface area contributed by atoms with Crippen LogP contribution in [-0.4, -0.2) is 56.0 Å². The van der Waals surface area contributed by atoms with E-state index in [1.54, 1.807) is 26.0 Å².